The Labute approximate surface area is 163 Å². The molecule has 0 spiro atoms. The van der Waals surface area contributed by atoms with Crippen LogP contribution in [0.25, 0.3) is 11.1 Å². The molecule has 1 amide bonds. The summed E-state index contributed by atoms with van der Waals surface area (Å²) in [6, 6.07) is 13.3. The molecule has 0 saturated heterocycles. The lowest BCUT2D eigenvalue weighted by Gasteiger charge is -2.12. The zero-order chi connectivity index (χ0) is 19.4. The second-order valence-electron chi connectivity index (χ2n) is 6.01. The third-order valence-electron chi connectivity index (χ3n) is 4.06. The second kappa shape index (κ2) is 8.94. The maximum atomic E-state index is 14.0. The SMILES string of the molecule is C.CO/N=C/c1ccc(-c2cc(C)ccc2NC(=O)c2cnn(C)c2F)cc1. The summed E-state index contributed by atoms with van der Waals surface area (Å²) in [5.74, 6) is -1.22. The molecule has 1 heterocycles. The number of amides is 1. The van der Waals surface area contributed by atoms with Crippen LogP contribution in [-0.2, 0) is 11.9 Å². The number of carbonyl (C=O) groups excluding carboxylic acids is 1. The number of hydrogen-bond donors (Lipinski definition) is 1. The van der Waals surface area contributed by atoms with Crippen LogP contribution in [0.3, 0.4) is 0 Å². The fourth-order valence-electron chi connectivity index (χ4n) is 2.63. The molecule has 0 aliphatic rings. The zero-order valence-electron chi connectivity index (χ0n) is 15.2. The molecule has 0 aliphatic heterocycles. The maximum absolute atomic E-state index is 14.0. The first-order valence-electron chi connectivity index (χ1n) is 8.26. The molecular weight excluding hydrogens is 359 g/mol. The van der Waals surface area contributed by atoms with E-state index in [2.05, 4.69) is 20.4 Å². The number of halogens is 1. The first kappa shape index (κ1) is 20.8. The van der Waals surface area contributed by atoms with Gasteiger partial charge in [-0.05, 0) is 30.2 Å². The van der Waals surface area contributed by atoms with Crippen LogP contribution >= 0.6 is 0 Å². The Kier molecular flexibility index (Phi) is 6.65. The fourth-order valence-corrected chi connectivity index (χ4v) is 2.63. The average Bonchev–Trinajstić information content (AvgIpc) is 3.01. The van der Waals surface area contributed by atoms with Gasteiger partial charge in [0.1, 0.15) is 12.7 Å². The lowest BCUT2D eigenvalue weighted by atomic mass is 10.00. The first-order chi connectivity index (χ1) is 13.0. The van der Waals surface area contributed by atoms with Crippen molar-refractivity contribution < 1.29 is 14.0 Å². The summed E-state index contributed by atoms with van der Waals surface area (Å²) < 4.78 is 15.0. The van der Waals surface area contributed by atoms with Gasteiger partial charge >= 0.3 is 0 Å². The molecule has 0 unspecified atom stereocenters. The highest BCUT2D eigenvalue weighted by Crippen LogP contribution is 2.30. The van der Waals surface area contributed by atoms with Crippen molar-refractivity contribution in [2.75, 3.05) is 12.4 Å². The number of oxime groups is 1. The number of carbonyl (C=O) groups is 1. The Balaban J connectivity index is 0.00000280. The van der Waals surface area contributed by atoms with Crippen molar-refractivity contribution in [2.24, 2.45) is 12.2 Å². The van der Waals surface area contributed by atoms with Gasteiger partial charge in [-0.1, -0.05) is 48.5 Å². The van der Waals surface area contributed by atoms with Crippen molar-refractivity contribution in [1.29, 1.82) is 0 Å². The molecular formula is C21H23FN4O2. The highest BCUT2D eigenvalue weighted by Gasteiger charge is 2.17. The smallest absolute Gasteiger partial charge is 0.261 e. The first-order valence-corrected chi connectivity index (χ1v) is 8.26. The number of anilines is 1. The van der Waals surface area contributed by atoms with E-state index in [4.69, 9.17) is 0 Å². The number of hydrogen-bond acceptors (Lipinski definition) is 4. The highest BCUT2D eigenvalue weighted by molar-refractivity contribution is 6.06. The minimum absolute atomic E-state index is 0. The van der Waals surface area contributed by atoms with Gasteiger partial charge in [0, 0.05) is 18.3 Å². The molecule has 0 saturated carbocycles. The van der Waals surface area contributed by atoms with Crippen molar-refractivity contribution in [3.8, 4) is 11.1 Å². The summed E-state index contributed by atoms with van der Waals surface area (Å²) in [4.78, 5) is 17.1. The molecule has 6 nitrogen and oxygen atoms in total. The number of nitrogens with zero attached hydrogens (tertiary/aromatic N) is 3. The van der Waals surface area contributed by atoms with Gasteiger partial charge in [0.2, 0.25) is 5.95 Å². The van der Waals surface area contributed by atoms with Crippen LogP contribution in [0.2, 0.25) is 0 Å². The van der Waals surface area contributed by atoms with E-state index in [0.717, 1.165) is 26.9 Å². The van der Waals surface area contributed by atoms with Gasteiger partial charge in [-0.25, -0.2) is 4.68 Å². The molecule has 0 radical (unpaired) electrons. The monoisotopic (exact) mass is 382 g/mol. The second-order valence-corrected chi connectivity index (χ2v) is 6.01. The van der Waals surface area contributed by atoms with E-state index < -0.39 is 11.9 Å². The number of aryl methyl sites for hydroxylation is 2. The minimum Gasteiger partial charge on any atom is -0.399 e. The molecule has 7 heteroatoms. The Morgan fingerprint density at radius 1 is 1.25 bits per heavy atom. The summed E-state index contributed by atoms with van der Waals surface area (Å²) in [5, 5.41) is 10.3. The van der Waals surface area contributed by atoms with Gasteiger partial charge in [-0.3, -0.25) is 4.79 Å². The minimum atomic E-state index is -0.678. The summed E-state index contributed by atoms with van der Waals surface area (Å²) >= 11 is 0. The fraction of sp³-hybridized carbons (Fsp3) is 0.190. The van der Waals surface area contributed by atoms with E-state index in [0.29, 0.717) is 5.69 Å². The molecule has 0 fully saturated rings. The summed E-state index contributed by atoms with van der Waals surface area (Å²) in [6.07, 6.45) is 2.82. The number of aromatic nitrogens is 2. The van der Waals surface area contributed by atoms with Gasteiger partial charge in [-0.15, -0.1) is 0 Å². The molecule has 3 rings (SSSR count). The van der Waals surface area contributed by atoms with Crippen LogP contribution in [0, 0.1) is 12.9 Å². The topological polar surface area (TPSA) is 68.5 Å². The maximum Gasteiger partial charge on any atom is 0.261 e. The molecule has 1 N–H and O–H groups in total. The van der Waals surface area contributed by atoms with Crippen molar-refractivity contribution in [1.82, 2.24) is 9.78 Å². The Hall–Kier alpha value is -3.48. The van der Waals surface area contributed by atoms with Gasteiger partial charge < -0.3 is 10.2 Å². The van der Waals surface area contributed by atoms with E-state index in [9.17, 15) is 9.18 Å². The summed E-state index contributed by atoms with van der Waals surface area (Å²) in [7, 11) is 2.93. The van der Waals surface area contributed by atoms with E-state index in [-0.39, 0.29) is 13.0 Å². The molecule has 2 aromatic carbocycles. The van der Waals surface area contributed by atoms with Crippen LogP contribution in [0.5, 0.6) is 0 Å². The normalized spacial score (nSPS) is 10.6. The quantitative estimate of drug-likeness (QED) is 0.525. The zero-order valence-corrected chi connectivity index (χ0v) is 15.2. The summed E-state index contributed by atoms with van der Waals surface area (Å²) in [5.41, 5.74) is 4.16. The molecule has 0 atom stereocenters. The van der Waals surface area contributed by atoms with E-state index in [1.165, 1.54) is 20.4 Å². The average molecular weight is 382 g/mol. The van der Waals surface area contributed by atoms with E-state index in [1.54, 1.807) is 12.3 Å². The lowest BCUT2D eigenvalue weighted by Crippen LogP contribution is -2.14. The van der Waals surface area contributed by atoms with Crippen LogP contribution in [-0.4, -0.2) is 29.0 Å². The van der Waals surface area contributed by atoms with Crippen LogP contribution in [0.15, 0.2) is 53.8 Å². The molecule has 0 aliphatic carbocycles. The predicted octanol–water partition coefficient (Wildman–Crippen LogP) is 4.40. The largest absolute Gasteiger partial charge is 0.399 e. The number of benzene rings is 2. The third-order valence-corrected chi connectivity index (χ3v) is 4.06. The predicted molar refractivity (Wildman–Crippen MR) is 109 cm³/mol. The number of rotatable bonds is 5. The van der Waals surface area contributed by atoms with E-state index in [1.807, 2.05) is 43.3 Å². The van der Waals surface area contributed by atoms with Crippen LogP contribution < -0.4 is 5.32 Å². The molecule has 28 heavy (non-hydrogen) atoms. The van der Waals surface area contributed by atoms with Crippen LogP contribution in [0.4, 0.5) is 10.1 Å². The Bertz CT molecular complexity index is 994. The Morgan fingerprint density at radius 3 is 2.57 bits per heavy atom. The molecule has 146 valence electrons. The van der Waals surface area contributed by atoms with Gasteiger partial charge in [0.05, 0.1) is 12.4 Å². The Morgan fingerprint density at radius 2 is 1.96 bits per heavy atom. The van der Waals surface area contributed by atoms with E-state index >= 15 is 0 Å². The van der Waals surface area contributed by atoms with Crippen LogP contribution in [0.1, 0.15) is 28.9 Å². The van der Waals surface area contributed by atoms with Crippen molar-refractivity contribution >= 4 is 17.8 Å². The standard InChI is InChI=1S/C20H19FN4O2.CH4/c1-13-4-9-18(24-20(26)17-12-22-25(2)19(17)21)16(10-13)15-7-5-14(6-8-15)11-23-27-3;/h4-12H,1-3H3,(H,24,26);1H4/b23-11+;. The van der Waals surface area contributed by atoms with Gasteiger partial charge in [0.15, 0.2) is 0 Å². The third kappa shape index (κ3) is 4.43. The van der Waals surface area contributed by atoms with Crippen molar-refractivity contribution in [3.05, 3.63) is 71.3 Å². The molecule has 0 bridgehead atoms. The highest BCUT2D eigenvalue weighted by atomic mass is 19.1. The molecule has 3 aromatic rings. The van der Waals surface area contributed by atoms with Gasteiger partial charge in [-0.2, -0.15) is 9.49 Å². The van der Waals surface area contributed by atoms with Gasteiger partial charge in [0.25, 0.3) is 5.91 Å². The molecule has 1 aromatic heterocycles. The van der Waals surface area contributed by atoms with Crippen molar-refractivity contribution in [2.45, 2.75) is 14.4 Å². The number of nitrogens with one attached hydrogen (secondary N) is 1. The lowest BCUT2D eigenvalue weighted by molar-refractivity contribution is 0.102. The summed E-state index contributed by atoms with van der Waals surface area (Å²) in [6.45, 7) is 1.97. The van der Waals surface area contributed by atoms with Crippen molar-refractivity contribution in [3.63, 3.8) is 0 Å².